The summed E-state index contributed by atoms with van der Waals surface area (Å²) in [5.74, 6) is 1.11. The van der Waals surface area contributed by atoms with E-state index >= 15 is 0 Å². The van der Waals surface area contributed by atoms with Gasteiger partial charge in [-0.25, -0.2) is 0 Å². The van der Waals surface area contributed by atoms with Crippen LogP contribution in [-0.2, 0) is 18.3 Å². The summed E-state index contributed by atoms with van der Waals surface area (Å²) >= 11 is 6.20. The van der Waals surface area contributed by atoms with Crippen LogP contribution in [0.15, 0.2) is 30.6 Å². The zero-order valence-corrected chi connectivity index (χ0v) is 14.8. The molecule has 1 atom stereocenters. The average Bonchev–Trinajstić information content (AvgIpc) is 3.19. The lowest BCUT2D eigenvalue weighted by atomic mass is 10.0. The van der Waals surface area contributed by atoms with Crippen LogP contribution >= 0.6 is 11.6 Å². The van der Waals surface area contributed by atoms with E-state index in [9.17, 15) is 4.79 Å². The molecule has 0 bridgehead atoms. The maximum absolute atomic E-state index is 12.7. The molecular formula is C18H22ClN3O2. The SMILES string of the molecule is CCOc1c(Cl)cccc1CC(=O)N1CC[C@@H](c2cnn(C)c2)C1. The van der Waals surface area contributed by atoms with E-state index in [0.717, 1.165) is 25.1 Å². The van der Waals surface area contributed by atoms with E-state index in [-0.39, 0.29) is 5.91 Å². The van der Waals surface area contributed by atoms with Crippen molar-refractivity contribution in [3.63, 3.8) is 0 Å². The van der Waals surface area contributed by atoms with Crippen molar-refractivity contribution in [2.24, 2.45) is 7.05 Å². The number of carbonyl (C=O) groups excluding carboxylic acids is 1. The lowest BCUT2D eigenvalue weighted by molar-refractivity contribution is -0.129. The van der Waals surface area contributed by atoms with Crippen LogP contribution in [0, 0.1) is 0 Å². The zero-order chi connectivity index (χ0) is 17.1. The molecule has 6 heteroatoms. The Kier molecular flexibility index (Phi) is 5.09. The number of amides is 1. The quantitative estimate of drug-likeness (QED) is 0.835. The molecule has 0 N–H and O–H groups in total. The first-order chi connectivity index (χ1) is 11.6. The number of rotatable bonds is 5. The molecule has 0 unspecified atom stereocenters. The summed E-state index contributed by atoms with van der Waals surface area (Å²) in [6.45, 7) is 3.96. The van der Waals surface area contributed by atoms with Crippen LogP contribution in [0.5, 0.6) is 5.75 Å². The highest BCUT2D eigenvalue weighted by molar-refractivity contribution is 6.32. The summed E-state index contributed by atoms with van der Waals surface area (Å²) in [4.78, 5) is 14.6. The Balaban J connectivity index is 1.67. The molecule has 2 aromatic rings. The van der Waals surface area contributed by atoms with Gasteiger partial charge in [-0.3, -0.25) is 9.48 Å². The molecule has 128 valence electrons. The number of hydrogen-bond acceptors (Lipinski definition) is 3. The van der Waals surface area contributed by atoms with Crippen LogP contribution in [0.25, 0.3) is 0 Å². The lowest BCUT2D eigenvalue weighted by Crippen LogP contribution is -2.30. The van der Waals surface area contributed by atoms with E-state index < -0.39 is 0 Å². The molecule has 3 rings (SSSR count). The molecule has 1 saturated heterocycles. The van der Waals surface area contributed by atoms with E-state index in [1.54, 1.807) is 10.7 Å². The van der Waals surface area contributed by atoms with E-state index in [4.69, 9.17) is 16.3 Å². The second kappa shape index (κ2) is 7.26. The number of ether oxygens (including phenoxy) is 1. The van der Waals surface area contributed by atoms with Gasteiger partial charge in [-0.15, -0.1) is 0 Å². The second-order valence-corrected chi connectivity index (χ2v) is 6.52. The first-order valence-electron chi connectivity index (χ1n) is 8.25. The van der Waals surface area contributed by atoms with Crippen LogP contribution < -0.4 is 4.74 Å². The molecule has 1 aliphatic rings. The van der Waals surface area contributed by atoms with Crippen molar-refractivity contribution in [2.45, 2.75) is 25.7 Å². The zero-order valence-electron chi connectivity index (χ0n) is 14.0. The van der Waals surface area contributed by atoms with Crippen molar-refractivity contribution < 1.29 is 9.53 Å². The molecule has 1 fully saturated rings. The van der Waals surface area contributed by atoms with E-state index in [1.165, 1.54) is 5.56 Å². The van der Waals surface area contributed by atoms with Crippen molar-refractivity contribution in [2.75, 3.05) is 19.7 Å². The summed E-state index contributed by atoms with van der Waals surface area (Å²) in [7, 11) is 1.91. The number of likely N-dealkylation sites (tertiary alicyclic amines) is 1. The molecule has 0 saturated carbocycles. The fourth-order valence-electron chi connectivity index (χ4n) is 3.18. The molecule has 0 aliphatic carbocycles. The van der Waals surface area contributed by atoms with Gasteiger partial charge in [0.2, 0.25) is 5.91 Å². The normalized spacial score (nSPS) is 17.3. The summed E-state index contributed by atoms with van der Waals surface area (Å²) in [5.41, 5.74) is 2.05. The molecule has 1 aromatic heterocycles. The standard InChI is InChI=1S/C18H22ClN3O2/c1-3-24-18-13(5-4-6-16(18)19)9-17(23)22-8-7-14(12-22)15-10-20-21(2)11-15/h4-6,10-11,14H,3,7-9,12H2,1-2H3/t14-/m1/s1. The summed E-state index contributed by atoms with van der Waals surface area (Å²) in [6, 6.07) is 5.55. The van der Waals surface area contributed by atoms with Gasteiger partial charge in [0.1, 0.15) is 5.75 Å². The largest absolute Gasteiger partial charge is 0.492 e. The van der Waals surface area contributed by atoms with Crippen LogP contribution in [-0.4, -0.2) is 40.3 Å². The van der Waals surface area contributed by atoms with Gasteiger partial charge < -0.3 is 9.64 Å². The second-order valence-electron chi connectivity index (χ2n) is 6.11. The third kappa shape index (κ3) is 3.56. The predicted molar refractivity (Wildman–Crippen MR) is 93.5 cm³/mol. The maximum atomic E-state index is 12.7. The Labute approximate surface area is 147 Å². The molecule has 1 amide bonds. The van der Waals surface area contributed by atoms with Gasteiger partial charge in [0.25, 0.3) is 0 Å². The number of carbonyl (C=O) groups is 1. The highest BCUT2D eigenvalue weighted by atomic mass is 35.5. The molecule has 0 spiro atoms. The maximum Gasteiger partial charge on any atom is 0.227 e. The fraction of sp³-hybridized carbons (Fsp3) is 0.444. The highest BCUT2D eigenvalue weighted by Crippen LogP contribution is 2.31. The molecular weight excluding hydrogens is 326 g/mol. The van der Waals surface area contributed by atoms with Crippen molar-refractivity contribution >= 4 is 17.5 Å². The number of aromatic nitrogens is 2. The number of benzene rings is 1. The van der Waals surface area contributed by atoms with Gasteiger partial charge >= 0.3 is 0 Å². The number of para-hydroxylation sites is 1. The van der Waals surface area contributed by atoms with Gasteiger partial charge in [0.15, 0.2) is 0 Å². The fourth-order valence-corrected chi connectivity index (χ4v) is 3.43. The van der Waals surface area contributed by atoms with Crippen LogP contribution in [0.2, 0.25) is 5.02 Å². The van der Waals surface area contributed by atoms with Crippen LogP contribution in [0.4, 0.5) is 0 Å². The summed E-state index contributed by atoms with van der Waals surface area (Å²) < 4.78 is 7.42. The minimum Gasteiger partial charge on any atom is -0.492 e. The molecule has 1 aliphatic heterocycles. The van der Waals surface area contributed by atoms with Gasteiger partial charge in [0, 0.05) is 37.8 Å². The van der Waals surface area contributed by atoms with E-state index in [1.807, 2.05) is 43.4 Å². The van der Waals surface area contributed by atoms with Crippen LogP contribution in [0.1, 0.15) is 30.4 Å². The first-order valence-corrected chi connectivity index (χ1v) is 8.62. The smallest absolute Gasteiger partial charge is 0.227 e. The Morgan fingerprint density at radius 3 is 3.00 bits per heavy atom. The number of hydrogen-bond donors (Lipinski definition) is 0. The monoisotopic (exact) mass is 347 g/mol. The molecule has 5 nitrogen and oxygen atoms in total. The Morgan fingerprint density at radius 2 is 2.29 bits per heavy atom. The third-order valence-corrected chi connectivity index (χ3v) is 4.71. The molecule has 24 heavy (non-hydrogen) atoms. The minimum absolute atomic E-state index is 0.115. The van der Waals surface area contributed by atoms with Crippen molar-refractivity contribution in [3.05, 3.63) is 46.7 Å². The van der Waals surface area contributed by atoms with Crippen LogP contribution in [0.3, 0.4) is 0 Å². The van der Waals surface area contributed by atoms with Gasteiger partial charge in [-0.2, -0.15) is 5.10 Å². The Hall–Kier alpha value is -2.01. The first kappa shape index (κ1) is 16.8. The average molecular weight is 348 g/mol. The van der Waals surface area contributed by atoms with Crippen molar-refractivity contribution in [1.82, 2.24) is 14.7 Å². The number of nitrogens with zero attached hydrogens (tertiary/aromatic N) is 3. The summed E-state index contributed by atoms with van der Waals surface area (Å²) in [5, 5.41) is 4.78. The number of halogens is 1. The number of aryl methyl sites for hydroxylation is 1. The van der Waals surface area contributed by atoms with E-state index in [0.29, 0.717) is 29.7 Å². The van der Waals surface area contributed by atoms with Gasteiger partial charge in [-0.1, -0.05) is 23.7 Å². The topological polar surface area (TPSA) is 47.4 Å². The van der Waals surface area contributed by atoms with Crippen molar-refractivity contribution in [1.29, 1.82) is 0 Å². The molecule has 0 radical (unpaired) electrons. The van der Waals surface area contributed by atoms with Crippen molar-refractivity contribution in [3.8, 4) is 5.75 Å². The Morgan fingerprint density at radius 1 is 1.46 bits per heavy atom. The van der Waals surface area contributed by atoms with Gasteiger partial charge in [-0.05, 0) is 25.0 Å². The molecule has 2 heterocycles. The summed E-state index contributed by atoms with van der Waals surface area (Å²) in [6.07, 6.45) is 5.21. The Bertz CT molecular complexity index is 729. The van der Waals surface area contributed by atoms with E-state index in [2.05, 4.69) is 5.10 Å². The highest BCUT2D eigenvalue weighted by Gasteiger charge is 2.28. The minimum atomic E-state index is 0.115. The third-order valence-electron chi connectivity index (χ3n) is 4.42. The molecule has 1 aromatic carbocycles. The van der Waals surface area contributed by atoms with Gasteiger partial charge in [0.05, 0.1) is 24.2 Å². The predicted octanol–water partition coefficient (Wildman–Crippen LogP) is 3.03. The lowest BCUT2D eigenvalue weighted by Gasteiger charge is -2.18.